The average Bonchev–Trinajstić information content (AvgIpc) is 2.84. The van der Waals surface area contributed by atoms with E-state index in [9.17, 15) is 17.2 Å². The van der Waals surface area contributed by atoms with E-state index in [-0.39, 0.29) is 23.0 Å². The van der Waals surface area contributed by atoms with Crippen molar-refractivity contribution in [2.24, 2.45) is 0 Å². The molecule has 2 aromatic heterocycles. The van der Waals surface area contributed by atoms with Gasteiger partial charge in [0, 0.05) is 12.4 Å². The van der Waals surface area contributed by atoms with Gasteiger partial charge in [0.25, 0.3) is 0 Å². The van der Waals surface area contributed by atoms with Gasteiger partial charge >= 0.3 is 0 Å². The highest BCUT2D eigenvalue weighted by molar-refractivity contribution is 7.91. The van der Waals surface area contributed by atoms with Gasteiger partial charge in [-0.25, -0.2) is 27.8 Å². The number of hydrogen-bond acceptors (Lipinski definition) is 8. The molecular weight excluding hydrogens is 478 g/mol. The van der Waals surface area contributed by atoms with Crippen molar-refractivity contribution >= 4 is 21.7 Å². The number of nitrogens with two attached hydrogens (primary N) is 1. The lowest BCUT2D eigenvalue weighted by molar-refractivity contribution is 0.407. The number of halogens is 2. The van der Waals surface area contributed by atoms with Gasteiger partial charge in [-0.3, -0.25) is 4.72 Å². The van der Waals surface area contributed by atoms with Crippen molar-refractivity contribution in [3.8, 4) is 29.0 Å². The van der Waals surface area contributed by atoms with Gasteiger partial charge in [-0.1, -0.05) is 18.2 Å². The molecule has 0 spiro atoms. The van der Waals surface area contributed by atoms with Gasteiger partial charge in [-0.05, 0) is 42.0 Å². The molecule has 0 atom stereocenters. The lowest BCUT2D eigenvalue weighted by Crippen LogP contribution is -2.17. The zero-order valence-electron chi connectivity index (χ0n) is 17.8. The standard InChI is InChI=1S/C23H16F2N6O3S/c24-20-18(31-35(32,33)13-15-5-2-1-4-14(15)12-26)7-8-19(21(20)25)34-22-16(6-3-10-28-22)17-9-11-29-23(27)30-17/h1-11,31H,13H2,(H2,27,29,30). The SMILES string of the molecule is N#Cc1ccccc1CS(=O)(=O)Nc1ccc(Oc2ncccc2-c2ccnc(N)n2)c(F)c1F. The maximum absolute atomic E-state index is 14.8. The van der Waals surface area contributed by atoms with Crippen LogP contribution in [0.1, 0.15) is 11.1 Å². The first-order chi connectivity index (χ1) is 16.8. The molecule has 0 saturated heterocycles. The van der Waals surface area contributed by atoms with E-state index < -0.39 is 38.8 Å². The minimum atomic E-state index is -4.17. The van der Waals surface area contributed by atoms with Crippen LogP contribution in [0, 0.1) is 23.0 Å². The maximum atomic E-state index is 14.8. The van der Waals surface area contributed by atoms with Gasteiger partial charge in [-0.2, -0.15) is 9.65 Å². The number of pyridine rings is 1. The van der Waals surface area contributed by atoms with Crippen LogP contribution in [-0.2, 0) is 15.8 Å². The summed E-state index contributed by atoms with van der Waals surface area (Å²) in [5.74, 6) is -4.10. The van der Waals surface area contributed by atoms with Gasteiger partial charge in [0.1, 0.15) is 0 Å². The van der Waals surface area contributed by atoms with Crippen molar-refractivity contribution in [3.05, 3.63) is 89.8 Å². The minimum Gasteiger partial charge on any atom is -0.435 e. The number of nitrogens with one attached hydrogen (secondary N) is 1. The summed E-state index contributed by atoms with van der Waals surface area (Å²) >= 11 is 0. The van der Waals surface area contributed by atoms with Crippen LogP contribution in [0.25, 0.3) is 11.3 Å². The van der Waals surface area contributed by atoms with Crippen LogP contribution in [0.4, 0.5) is 20.4 Å². The fraction of sp³-hybridized carbons (Fsp3) is 0.0435. The van der Waals surface area contributed by atoms with E-state index in [1.165, 1.54) is 24.5 Å². The van der Waals surface area contributed by atoms with Gasteiger partial charge < -0.3 is 10.5 Å². The third-order valence-corrected chi connectivity index (χ3v) is 5.95. The second kappa shape index (κ2) is 9.70. The molecule has 4 aromatic rings. The van der Waals surface area contributed by atoms with Crippen molar-refractivity contribution in [3.63, 3.8) is 0 Å². The Labute approximate surface area is 198 Å². The van der Waals surface area contributed by atoms with Gasteiger partial charge in [-0.15, -0.1) is 0 Å². The van der Waals surface area contributed by atoms with E-state index in [0.29, 0.717) is 11.3 Å². The van der Waals surface area contributed by atoms with Crippen LogP contribution >= 0.6 is 0 Å². The van der Waals surface area contributed by atoms with E-state index in [1.807, 2.05) is 10.8 Å². The molecule has 0 aliphatic heterocycles. The molecule has 0 aliphatic rings. The Balaban J connectivity index is 1.59. The summed E-state index contributed by atoms with van der Waals surface area (Å²) < 4.78 is 62.1. The van der Waals surface area contributed by atoms with Crippen molar-refractivity contribution in [2.75, 3.05) is 10.5 Å². The molecule has 176 valence electrons. The normalized spacial score (nSPS) is 11.0. The van der Waals surface area contributed by atoms with Crippen molar-refractivity contribution in [1.82, 2.24) is 15.0 Å². The molecule has 0 bridgehead atoms. The Morgan fingerprint density at radius 2 is 1.80 bits per heavy atom. The molecule has 2 heterocycles. The van der Waals surface area contributed by atoms with Crippen LogP contribution < -0.4 is 15.2 Å². The number of rotatable bonds is 7. The summed E-state index contributed by atoms with van der Waals surface area (Å²) in [6.07, 6.45) is 2.81. The van der Waals surface area contributed by atoms with E-state index in [4.69, 9.17) is 15.7 Å². The number of aromatic nitrogens is 3. The Morgan fingerprint density at radius 1 is 1.00 bits per heavy atom. The number of ether oxygens (including phenoxy) is 1. The summed E-state index contributed by atoms with van der Waals surface area (Å²) in [7, 11) is -4.17. The molecule has 9 nitrogen and oxygen atoms in total. The zero-order valence-corrected chi connectivity index (χ0v) is 18.6. The van der Waals surface area contributed by atoms with Gasteiger partial charge in [0.05, 0.1) is 34.3 Å². The topological polar surface area (TPSA) is 144 Å². The van der Waals surface area contributed by atoms with E-state index >= 15 is 0 Å². The molecule has 35 heavy (non-hydrogen) atoms. The summed E-state index contributed by atoms with van der Waals surface area (Å²) in [5.41, 5.74) is 6.07. The first-order valence-electron chi connectivity index (χ1n) is 9.95. The first-order valence-corrected chi connectivity index (χ1v) is 11.6. The van der Waals surface area contributed by atoms with E-state index in [0.717, 1.165) is 12.1 Å². The maximum Gasteiger partial charge on any atom is 0.237 e. The fourth-order valence-electron chi connectivity index (χ4n) is 3.15. The minimum absolute atomic E-state index is 0.00329. The number of nitrogen functional groups attached to an aromatic ring is 1. The van der Waals surface area contributed by atoms with Gasteiger partial charge in [0.15, 0.2) is 11.6 Å². The van der Waals surface area contributed by atoms with E-state index in [1.54, 1.807) is 30.3 Å². The molecule has 0 unspecified atom stereocenters. The summed E-state index contributed by atoms with van der Waals surface area (Å²) in [6, 6.07) is 14.8. The van der Waals surface area contributed by atoms with Crippen LogP contribution in [0.15, 0.2) is 67.0 Å². The Bertz CT molecular complexity index is 1560. The Kier molecular flexibility index (Phi) is 6.52. The highest BCUT2D eigenvalue weighted by Gasteiger charge is 2.22. The molecule has 2 aromatic carbocycles. The number of nitriles is 1. The fourth-order valence-corrected chi connectivity index (χ4v) is 4.37. The van der Waals surface area contributed by atoms with Crippen molar-refractivity contribution in [2.45, 2.75) is 5.75 Å². The number of nitrogens with zero attached hydrogens (tertiary/aromatic N) is 4. The summed E-state index contributed by atoms with van der Waals surface area (Å²) in [5, 5.41) is 9.14. The van der Waals surface area contributed by atoms with Gasteiger partial charge in [0.2, 0.25) is 27.7 Å². The number of anilines is 2. The lowest BCUT2D eigenvalue weighted by atomic mass is 10.1. The second-order valence-electron chi connectivity index (χ2n) is 7.13. The van der Waals surface area contributed by atoms with E-state index in [2.05, 4.69) is 15.0 Å². The molecule has 0 fully saturated rings. The molecule has 0 aliphatic carbocycles. The number of benzene rings is 2. The second-order valence-corrected chi connectivity index (χ2v) is 8.85. The van der Waals surface area contributed by atoms with Crippen LogP contribution in [-0.4, -0.2) is 23.4 Å². The Hall–Kier alpha value is -4.63. The number of sulfonamides is 1. The Morgan fingerprint density at radius 3 is 2.57 bits per heavy atom. The van der Waals surface area contributed by atoms with Crippen molar-refractivity contribution < 1.29 is 21.9 Å². The molecule has 0 amide bonds. The molecule has 4 rings (SSSR count). The zero-order chi connectivity index (χ0) is 25.0. The third kappa shape index (κ3) is 5.31. The molecule has 0 saturated carbocycles. The quantitative estimate of drug-likeness (QED) is 0.392. The monoisotopic (exact) mass is 494 g/mol. The van der Waals surface area contributed by atoms with Crippen LogP contribution in [0.3, 0.4) is 0 Å². The third-order valence-electron chi connectivity index (χ3n) is 4.72. The molecular formula is C23H16F2N6O3S. The summed E-state index contributed by atoms with van der Waals surface area (Å²) in [4.78, 5) is 11.9. The highest BCUT2D eigenvalue weighted by atomic mass is 32.2. The van der Waals surface area contributed by atoms with Crippen LogP contribution in [0.2, 0.25) is 0 Å². The predicted molar refractivity (Wildman–Crippen MR) is 124 cm³/mol. The summed E-state index contributed by atoms with van der Waals surface area (Å²) in [6.45, 7) is 0. The molecule has 3 N–H and O–H groups in total. The number of hydrogen-bond donors (Lipinski definition) is 2. The van der Waals surface area contributed by atoms with Crippen molar-refractivity contribution in [1.29, 1.82) is 5.26 Å². The first kappa shape index (κ1) is 23.5. The predicted octanol–water partition coefficient (Wildman–Crippen LogP) is 4.00. The average molecular weight is 494 g/mol. The largest absolute Gasteiger partial charge is 0.435 e. The highest BCUT2D eigenvalue weighted by Crippen LogP contribution is 2.34. The van der Waals surface area contributed by atoms with Crippen LogP contribution in [0.5, 0.6) is 11.6 Å². The molecule has 12 heteroatoms. The molecule has 0 radical (unpaired) electrons. The lowest BCUT2D eigenvalue weighted by Gasteiger charge is -2.13. The smallest absolute Gasteiger partial charge is 0.237 e.